The lowest BCUT2D eigenvalue weighted by molar-refractivity contribution is 0.350. The SMILES string of the molecule is OCC#Cc1ccc(C#CCO)cc1. The Hall–Kier alpha value is -1.74. The van der Waals surface area contributed by atoms with Crippen LogP contribution in [-0.2, 0) is 0 Å². The third-order valence-corrected chi connectivity index (χ3v) is 1.51. The molecule has 0 aromatic heterocycles. The quantitative estimate of drug-likeness (QED) is 0.575. The van der Waals surface area contributed by atoms with Crippen LogP contribution in [-0.4, -0.2) is 23.4 Å². The van der Waals surface area contributed by atoms with E-state index in [-0.39, 0.29) is 13.2 Å². The molecular formula is C12H10O2. The number of hydrogen-bond acceptors (Lipinski definition) is 2. The van der Waals surface area contributed by atoms with Gasteiger partial charge in [-0.15, -0.1) is 0 Å². The molecule has 1 rings (SSSR count). The molecule has 0 bridgehead atoms. The van der Waals surface area contributed by atoms with Crippen LogP contribution in [0.3, 0.4) is 0 Å². The fourth-order valence-electron chi connectivity index (χ4n) is 0.920. The number of benzene rings is 1. The summed E-state index contributed by atoms with van der Waals surface area (Å²) in [7, 11) is 0. The van der Waals surface area contributed by atoms with Crippen LogP contribution in [0.25, 0.3) is 0 Å². The summed E-state index contributed by atoms with van der Waals surface area (Å²) in [6.45, 7) is -0.266. The summed E-state index contributed by atoms with van der Waals surface area (Å²) in [5.74, 6) is 10.7. The van der Waals surface area contributed by atoms with Crippen molar-refractivity contribution in [3.05, 3.63) is 35.4 Å². The summed E-state index contributed by atoms with van der Waals surface area (Å²) in [5, 5.41) is 16.9. The first kappa shape index (κ1) is 10.3. The van der Waals surface area contributed by atoms with E-state index in [9.17, 15) is 0 Å². The van der Waals surface area contributed by atoms with Gasteiger partial charge in [0.15, 0.2) is 0 Å². The Morgan fingerprint density at radius 2 is 1.14 bits per heavy atom. The van der Waals surface area contributed by atoms with Gasteiger partial charge in [0.05, 0.1) is 0 Å². The highest BCUT2D eigenvalue weighted by Crippen LogP contribution is 2.01. The molecule has 0 spiro atoms. The molecule has 0 atom stereocenters. The van der Waals surface area contributed by atoms with Crippen LogP contribution in [0.5, 0.6) is 0 Å². The lowest BCUT2D eigenvalue weighted by Crippen LogP contribution is -1.79. The number of hydrogen-bond donors (Lipinski definition) is 2. The molecule has 0 heterocycles. The minimum absolute atomic E-state index is 0.133. The molecule has 0 saturated carbocycles. The van der Waals surface area contributed by atoms with E-state index < -0.39 is 0 Å². The molecule has 70 valence electrons. The van der Waals surface area contributed by atoms with Gasteiger partial charge in [0.2, 0.25) is 0 Å². The van der Waals surface area contributed by atoms with Gasteiger partial charge >= 0.3 is 0 Å². The maximum atomic E-state index is 8.47. The third-order valence-electron chi connectivity index (χ3n) is 1.51. The van der Waals surface area contributed by atoms with E-state index >= 15 is 0 Å². The van der Waals surface area contributed by atoms with Gasteiger partial charge in [-0.2, -0.15) is 0 Å². The second-order valence-electron chi connectivity index (χ2n) is 2.50. The molecule has 0 aliphatic rings. The van der Waals surface area contributed by atoms with Crippen LogP contribution in [0.15, 0.2) is 24.3 Å². The minimum Gasteiger partial charge on any atom is -0.384 e. The van der Waals surface area contributed by atoms with Gasteiger partial charge in [0.25, 0.3) is 0 Å². The molecule has 0 aliphatic heterocycles. The maximum Gasteiger partial charge on any atom is 0.104 e. The lowest BCUT2D eigenvalue weighted by atomic mass is 10.1. The van der Waals surface area contributed by atoms with Gasteiger partial charge in [-0.25, -0.2) is 0 Å². The van der Waals surface area contributed by atoms with Crippen molar-refractivity contribution in [3.8, 4) is 23.7 Å². The van der Waals surface area contributed by atoms with E-state index in [1.807, 2.05) is 24.3 Å². The van der Waals surface area contributed by atoms with Gasteiger partial charge in [-0.05, 0) is 24.3 Å². The van der Waals surface area contributed by atoms with Crippen LogP contribution in [0, 0.1) is 23.7 Å². The zero-order chi connectivity index (χ0) is 10.2. The highest BCUT2D eigenvalue weighted by molar-refractivity contribution is 5.41. The largest absolute Gasteiger partial charge is 0.384 e. The predicted molar refractivity (Wildman–Crippen MR) is 54.4 cm³/mol. The van der Waals surface area contributed by atoms with E-state index in [4.69, 9.17) is 10.2 Å². The normalized spacial score (nSPS) is 8.14. The summed E-state index contributed by atoms with van der Waals surface area (Å²) < 4.78 is 0. The van der Waals surface area contributed by atoms with Crippen molar-refractivity contribution in [1.29, 1.82) is 0 Å². The van der Waals surface area contributed by atoms with Gasteiger partial charge in [-0.3, -0.25) is 0 Å². The van der Waals surface area contributed by atoms with E-state index in [0.717, 1.165) is 11.1 Å². The molecule has 0 unspecified atom stereocenters. The monoisotopic (exact) mass is 186 g/mol. The van der Waals surface area contributed by atoms with Crippen molar-refractivity contribution in [2.75, 3.05) is 13.2 Å². The van der Waals surface area contributed by atoms with Gasteiger partial charge in [-0.1, -0.05) is 23.7 Å². The summed E-state index contributed by atoms with van der Waals surface area (Å²) in [4.78, 5) is 0. The average molecular weight is 186 g/mol. The molecule has 14 heavy (non-hydrogen) atoms. The summed E-state index contributed by atoms with van der Waals surface area (Å²) in [5.41, 5.74) is 1.68. The van der Waals surface area contributed by atoms with Crippen LogP contribution < -0.4 is 0 Å². The zero-order valence-corrected chi connectivity index (χ0v) is 7.62. The zero-order valence-electron chi connectivity index (χ0n) is 7.62. The molecular weight excluding hydrogens is 176 g/mol. The minimum atomic E-state index is -0.133. The fraction of sp³-hybridized carbons (Fsp3) is 0.167. The highest BCUT2D eigenvalue weighted by Gasteiger charge is 1.87. The summed E-state index contributed by atoms with van der Waals surface area (Å²) >= 11 is 0. The van der Waals surface area contributed by atoms with Gasteiger partial charge in [0, 0.05) is 11.1 Å². The molecule has 0 amide bonds. The lowest BCUT2D eigenvalue weighted by Gasteiger charge is -1.90. The second kappa shape index (κ2) is 5.83. The summed E-state index contributed by atoms with van der Waals surface area (Å²) in [6.07, 6.45) is 0. The molecule has 2 nitrogen and oxygen atoms in total. The molecule has 2 N–H and O–H groups in total. The maximum absolute atomic E-state index is 8.47. The Bertz CT molecular complexity index is 355. The van der Waals surface area contributed by atoms with Crippen molar-refractivity contribution in [2.24, 2.45) is 0 Å². The van der Waals surface area contributed by atoms with Crippen LogP contribution in [0.2, 0.25) is 0 Å². The number of aliphatic hydroxyl groups is 2. The average Bonchev–Trinajstić information content (AvgIpc) is 2.25. The van der Waals surface area contributed by atoms with Crippen molar-refractivity contribution in [1.82, 2.24) is 0 Å². The van der Waals surface area contributed by atoms with E-state index in [1.54, 1.807) is 0 Å². The van der Waals surface area contributed by atoms with E-state index in [1.165, 1.54) is 0 Å². The second-order valence-corrected chi connectivity index (χ2v) is 2.50. The molecule has 0 aliphatic carbocycles. The Morgan fingerprint density at radius 1 is 0.786 bits per heavy atom. The first-order chi connectivity index (χ1) is 6.86. The first-order valence-electron chi connectivity index (χ1n) is 4.16. The van der Waals surface area contributed by atoms with Crippen molar-refractivity contribution >= 4 is 0 Å². The number of rotatable bonds is 0. The molecule has 0 radical (unpaired) electrons. The predicted octanol–water partition coefficient (Wildman–Crippen LogP) is 0.374. The van der Waals surface area contributed by atoms with Gasteiger partial charge in [0.1, 0.15) is 13.2 Å². The van der Waals surface area contributed by atoms with Gasteiger partial charge < -0.3 is 10.2 Å². The number of aliphatic hydroxyl groups excluding tert-OH is 2. The molecule has 1 aromatic carbocycles. The third kappa shape index (κ3) is 3.33. The van der Waals surface area contributed by atoms with Crippen molar-refractivity contribution < 1.29 is 10.2 Å². The first-order valence-corrected chi connectivity index (χ1v) is 4.16. The fourth-order valence-corrected chi connectivity index (χ4v) is 0.920. The Labute approximate surface area is 83.2 Å². The van der Waals surface area contributed by atoms with Crippen molar-refractivity contribution in [3.63, 3.8) is 0 Å². The Kier molecular flexibility index (Phi) is 4.31. The Balaban J connectivity index is 2.78. The Morgan fingerprint density at radius 3 is 1.43 bits per heavy atom. The molecule has 1 aromatic rings. The van der Waals surface area contributed by atoms with Crippen LogP contribution >= 0.6 is 0 Å². The van der Waals surface area contributed by atoms with Crippen LogP contribution in [0.1, 0.15) is 11.1 Å². The topological polar surface area (TPSA) is 40.5 Å². The molecule has 0 fully saturated rings. The van der Waals surface area contributed by atoms with Crippen molar-refractivity contribution in [2.45, 2.75) is 0 Å². The molecule has 0 saturated heterocycles. The van der Waals surface area contributed by atoms with E-state index in [0.29, 0.717) is 0 Å². The summed E-state index contributed by atoms with van der Waals surface area (Å²) in [6, 6.07) is 7.29. The van der Waals surface area contributed by atoms with E-state index in [2.05, 4.69) is 23.7 Å². The highest BCUT2D eigenvalue weighted by atomic mass is 16.3. The van der Waals surface area contributed by atoms with Crippen LogP contribution in [0.4, 0.5) is 0 Å². The standard InChI is InChI=1S/C12H10O2/c13-9-1-3-11-5-7-12(8-6-11)4-2-10-14/h5-8,13-14H,9-10H2. The smallest absolute Gasteiger partial charge is 0.104 e. The molecule has 2 heteroatoms.